The molecule has 0 saturated heterocycles. The summed E-state index contributed by atoms with van der Waals surface area (Å²) in [7, 11) is 0. The molecule has 0 unspecified atom stereocenters. The van der Waals surface area contributed by atoms with E-state index in [1.165, 1.54) is 6.07 Å². The molecule has 7 heteroatoms. The number of aryl methyl sites for hydroxylation is 1. The first-order chi connectivity index (χ1) is 18.5. The SMILES string of the molecule is CC(C)(C)OC(=O)CCc1cc(-c2cc(-c3cccc(C(F)(F)F)c3)ccc2OCc2ccccc2)ccn1. The van der Waals surface area contributed by atoms with E-state index >= 15 is 0 Å². The van der Waals surface area contributed by atoms with Gasteiger partial charge in [-0.05, 0) is 79.4 Å². The van der Waals surface area contributed by atoms with E-state index in [4.69, 9.17) is 9.47 Å². The van der Waals surface area contributed by atoms with Crippen LogP contribution in [0.4, 0.5) is 13.2 Å². The van der Waals surface area contributed by atoms with Gasteiger partial charge in [0.2, 0.25) is 0 Å². The van der Waals surface area contributed by atoms with E-state index in [9.17, 15) is 18.0 Å². The van der Waals surface area contributed by atoms with E-state index in [1.54, 1.807) is 24.4 Å². The molecule has 3 aromatic carbocycles. The van der Waals surface area contributed by atoms with Crippen molar-refractivity contribution in [3.63, 3.8) is 0 Å². The molecule has 4 aromatic rings. The first-order valence-electron chi connectivity index (χ1n) is 12.6. The van der Waals surface area contributed by atoms with Gasteiger partial charge in [-0.1, -0.05) is 48.5 Å². The fourth-order valence-corrected chi connectivity index (χ4v) is 4.08. The lowest BCUT2D eigenvalue weighted by atomic mass is 9.96. The van der Waals surface area contributed by atoms with Gasteiger partial charge in [0.1, 0.15) is 18.0 Å². The van der Waals surface area contributed by atoms with Crippen LogP contribution >= 0.6 is 0 Å². The van der Waals surface area contributed by atoms with Crippen molar-refractivity contribution in [1.82, 2.24) is 4.98 Å². The van der Waals surface area contributed by atoms with Crippen molar-refractivity contribution in [2.24, 2.45) is 0 Å². The van der Waals surface area contributed by atoms with Crippen LogP contribution in [0, 0.1) is 0 Å². The number of alkyl halides is 3. The van der Waals surface area contributed by atoms with Gasteiger partial charge in [0.15, 0.2) is 0 Å². The van der Waals surface area contributed by atoms with Crippen molar-refractivity contribution in [2.45, 2.75) is 52.0 Å². The Kier molecular flexibility index (Phi) is 8.38. The minimum Gasteiger partial charge on any atom is -0.488 e. The lowest BCUT2D eigenvalue weighted by Crippen LogP contribution is -2.24. The first-order valence-corrected chi connectivity index (χ1v) is 12.6. The van der Waals surface area contributed by atoms with E-state index in [0.29, 0.717) is 41.2 Å². The van der Waals surface area contributed by atoms with Gasteiger partial charge < -0.3 is 9.47 Å². The average Bonchev–Trinajstić information content (AvgIpc) is 2.90. The Morgan fingerprint density at radius 2 is 1.56 bits per heavy atom. The fourth-order valence-electron chi connectivity index (χ4n) is 4.08. The summed E-state index contributed by atoms with van der Waals surface area (Å²) in [6.07, 6.45) is -2.23. The van der Waals surface area contributed by atoms with Crippen molar-refractivity contribution >= 4 is 5.97 Å². The molecule has 4 rings (SSSR count). The van der Waals surface area contributed by atoms with Gasteiger partial charge in [0, 0.05) is 23.9 Å². The topological polar surface area (TPSA) is 48.4 Å². The number of carbonyl (C=O) groups is 1. The summed E-state index contributed by atoms with van der Waals surface area (Å²) in [6, 6.07) is 24.0. The van der Waals surface area contributed by atoms with E-state index in [-0.39, 0.29) is 12.4 Å². The number of hydrogen-bond donors (Lipinski definition) is 0. The molecule has 4 nitrogen and oxygen atoms in total. The summed E-state index contributed by atoms with van der Waals surface area (Å²) in [6.45, 7) is 5.78. The Morgan fingerprint density at radius 1 is 0.821 bits per heavy atom. The summed E-state index contributed by atoms with van der Waals surface area (Å²) in [4.78, 5) is 16.6. The molecule has 0 bridgehead atoms. The van der Waals surface area contributed by atoms with E-state index in [1.807, 2.05) is 69.3 Å². The van der Waals surface area contributed by atoms with E-state index in [2.05, 4.69) is 4.98 Å². The number of halogens is 3. The maximum atomic E-state index is 13.4. The maximum Gasteiger partial charge on any atom is 0.416 e. The third-order valence-electron chi connectivity index (χ3n) is 5.87. The van der Waals surface area contributed by atoms with E-state index in [0.717, 1.165) is 23.3 Å². The van der Waals surface area contributed by atoms with Gasteiger partial charge in [-0.15, -0.1) is 0 Å². The molecule has 39 heavy (non-hydrogen) atoms. The second-order valence-corrected chi connectivity index (χ2v) is 10.2. The van der Waals surface area contributed by atoms with Crippen molar-refractivity contribution < 1.29 is 27.4 Å². The third kappa shape index (κ3) is 7.93. The summed E-state index contributed by atoms with van der Waals surface area (Å²) < 4.78 is 51.6. The highest BCUT2D eigenvalue weighted by atomic mass is 19.4. The summed E-state index contributed by atoms with van der Waals surface area (Å²) in [5, 5.41) is 0. The maximum absolute atomic E-state index is 13.4. The van der Waals surface area contributed by atoms with Gasteiger partial charge >= 0.3 is 12.1 Å². The Bertz CT molecular complexity index is 1430. The smallest absolute Gasteiger partial charge is 0.416 e. The largest absolute Gasteiger partial charge is 0.488 e. The number of aromatic nitrogens is 1. The molecule has 0 aliphatic rings. The predicted molar refractivity (Wildman–Crippen MR) is 145 cm³/mol. The quantitative estimate of drug-likeness (QED) is 0.214. The van der Waals surface area contributed by atoms with Crippen LogP contribution in [-0.4, -0.2) is 16.6 Å². The fraction of sp³-hybridized carbons (Fsp3) is 0.250. The molecule has 202 valence electrons. The molecule has 1 heterocycles. The number of pyridine rings is 1. The molecule has 1 aromatic heterocycles. The predicted octanol–water partition coefficient (Wildman–Crippen LogP) is 8.29. The number of rotatable bonds is 8. The average molecular weight is 534 g/mol. The molecule has 0 saturated carbocycles. The van der Waals surface area contributed by atoms with Gasteiger partial charge in [0.25, 0.3) is 0 Å². The van der Waals surface area contributed by atoms with Crippen LogP contribution in [0.2, 0.25) is 0 Å². The Balaban J connectivity index is 1.67. The standard InChI is InChI=1S/C32H30F3NO3/c1-31(2,3)39-30(37)15-13-27-19-25(16-17-36-27)28-20-24(23-10-7-11-26(18-23)32(33,34)35)12-14-29(28)38-21-22-8-5-4-6-9-22/h4-12,14,16-20H,13,15,21H2,1-3H3. The molecule has 0 fully saturated rings. The molecule has 0 radical (unpaired) electrons. The van der Waals surface area contributed by atoms with Gasteiger partial charge in [-0.2, -0.15) is 13.2 Å². The number of ether oxygens (including phenoxy) is 2. The zero-order valence-corrected chi connectivity index (χ0v) is 22.1. The normalized spacial score (nSPS) is 11.7. The zero-order valence-electron chi connectivity index (χ0n) is 22.1. The van der Waals surface area contributed by atoms with Crippen molar-refractivity contribution in [3.8, 4) is 28.0 Å². The van der Waals surface area contributed by atoms with Crippen molar-refractivity contribution in [2.75, 3.05) is 0 Å². The highest BCUT2D eigenvalue weighted by molar-refractivity contribution is 5.78. The minimum atomic E-state index is -4.44. The highest BCUT2D eigenvalue weighted by Crippen LogP contribution is 2.37. The van der Waals surface area contributed by atoms with Crippen LogP contribution in [-0.2, 0) is 28.7 Å². The zero-order chi connectivity index (χ0) is 28.0. The molecular weight excluding hydrogens is 503 g/mol. The number of esters is 1. The first kappa shape index (κ1) is 27.9. The van der Waals surface area contributed by atoms with E-state index < -0.39 is 17.3 Å². The third-order valence-corrected chi connectivity index (χ3v) is 5.87. The Hall–Kier alpha value is -4.13. The van der Waals surface area contributed by atoms with Crippen LogP contribution in [0.25, 0.3) is 22.3 Å². The van der Waals surface area contributed by atoms with Crippen LogP contribution in [0.3, 0.4) is 0 Å². The molecule has 0 aliphatic heterocycles. The molecular formula is C32H30F3NO3. The van der Waals surface area contributed by atoms with Crippen LogP contribution in [0.15, 0.2) is 91.1 Å². The summed E-state index contributed by atoms with van der Waals surface area (Å²) in [5.74, 6) is 0.270. The number of nitrogens with zero attached hydrogens (tertiary/aromatic N) is 1. The molecule has 0 N–H and O–H groups in total. The second kappa shape index (κ2) is 11.7. The lowest BCUT2D eigenvalue weighted by Gasteiger charge is -2.19. The van der Waals surface area contributed by atoms with Crippen LogP contribution < -0.4 is 4.74 Å². The lowest BCUT2D eigenvalue weighted by molar-refractivity contribution is -0.154. The van der Waals surface area contributed by atoms with Gasteiger partial charge in [-0.3, -0.25) is 9.78 Å². The number of carbonyl (C=O) groups excluding carboxylic acids is 1. The van der Waals surface area contributed by atoms with Crippen molar-refractivity contribution in [3.05, 3.63) is 108 Å². The molecule has 0 amide bonds. The minimum absolute atomic E-state index is 0.176. The van der Waals surface area contributed by atoms with Crippen LogP contribution in [0.5, 0.6) is 5.75 Å². The Labute approximate surface area is 226 Å². The second-order valence-electron chi connectivity index (χ2n) is 10.2. The van der Waals surface area contributed by atoms with Crippen molar-refractivity contribution in [1.29, 1.82) is 0 Å². The van der Waals surface area contributed by atoms with Crippen LogP contribution in [0.1, 0.15) is 44.0 Å². The summed E-state index contributed by atoms with van der Waals surface area (Å²) in [5.41, 5.74) is 2.95. The Morgan fingerprint density at radius 3 is 2.28 bits per heavy atom. The molecule has 0 spiro atoms. The number of hydrogen-bond acceptors (Lipinski definition) is 4. The van der Waals surface area contributed by atoms with Gasteiger partial charge in [0.05, 0.1) is 12.0 Å². The molecule has 0 aliphatic carbocycles. The number of benzene rings is 3. The summed E-state index contributed by atoms with van der Waals surface area (Å²) >= 11 is 0. The monoisotopic (exact) mass is 533 g/mol. The highest BCUT2D eigenvalue weighted by Gasteiger charge is 2.30. The van der Waals surface area contributed by atoms with Gasteiger partial charge in [-0.25, -0.2) is 0 Å². The molecule has 0 atom stereocenters.